The first kappa shape index (κ1) is 16.6. The SMILES string of the molecule is O=C(NCc1ccc(CN2CCCC2)cc1)Nc1ccc2nccn2c1. The summed E-state index contributed by atoms with van der Waals surface area (Å²) in [4.78, 5) is 18.8. The second kappa shape index (κ2) is 7.58. The number of hydrogen-bond acceptors (Lipinski definition) is 3. The zero-order valence-corrected chi connectivity index (χ0v) is 14.7. The zero-order valence-electron chi connectivity index (χ0n) is 14.7. The van der Waals surface area contributed by atoms with Gasteiger partial charge >= 0.3 is 6.03 Å². The van der Waals surface area contributed by atoms with Crippen molar-refractivity contribution in [3.63, 3.8) is 0 Å². The highest BCUT2D eigenvalue weighted by molar-refractivity contribution is 5.89. The van der Waals surface area contributed by atoms with Crippen molar-refractivity contribution in [2.24, 2.45) is 0 Å². The van der Waals surface area contributed by atoms with Gasteiger partial charge in [0.15, 0.2) is 0 Å². The summed E-state index contributed by atoms with van der Waals surface area (Å²) in [7, 11) is 0. The number of likely N-dealkylation sites (tertiary alicyclic amines) is 1. The van der Waals surface area contributed by atoms with Crippen LogP contribution in [0.1, 0.15) is 24.0 Å². The molecule has 134 valence electrons. The van der Waals surface area contributed by atoms with Gasteiger partial charge in [-0.2, -0.15) is 0 Å². The predicted molar refractivity (Wildman–Crippen MR) is 102 cm³/mol. The molecule has 6 nitrogen and oxygen atoms in total. The van der Waals surface area contributed by atoms with Crippen molar-refractivity contribution >= 4 is 17.4 Å². The highest BCUT2D eigenvalue weighted by Gasteiger charge is 2.11. The lowest BCUT2D eigenvalue weighted by molar-refractivity contribution is 0.251. The monoisotopic (exact) mass is 349 g/mol. The number of amides is 2. The fourth-order valence-electron chi connectivity index (χ4n) is 3.31. The van der Waals surface area contributed by atoms with Gasteiger partial charge < -0.3 is 15.0 Å². The fourth-order valence-corrected chi connectivity index (χ4v) is 3.31. The molecule has 2 aromatic heterocycles. The largest absolute Gasteiger partial charge is 0.334 e. The highest BCUT2D eigenvalue weighted by atomic mass is 16.2. The molecule has 1 saturated heterocycles. The van der Waals surface area contributed by atoms with E-state index in [1.165, 1.54) is 31.5 Å². The number of anilines is 1. The van der Waals surface area contributed by atoms with E-state index in [9.17, 15) is 4.79 Å². The van der Waals surface area contributed by atoms with Crippen LogP contribution in [0.2, 0.25) is 0 Å². The number of rotatable bonds is 5. The first-order chi connectivity index (χ1) is 12.8. The molecule has 1 aliphatic heterocycles. The van der Waals surface area contributed by atoms with Crippen LogP contribution in [0.15, 0.2) is 55.0 Å². The molecule has 2 N–H and O–H groups in total. The summed E-state index contributed by atoms with van der Waals surface area (Å²) in [5.74, 6) is 0. The van der Waals surface area contributed by atoms with E-state index in [-0.39, 0.29) is 6.03 Å². The summed E-state index contributed by atoms with van der Waals surface area (Å²) in [5.41, 5.74) is 4.00. The van der Waals surface area contributed by atoms with Crippen molar-refractivity contribution in [1.29, 1.82) is 0 Å². The maximum absolute atomic E-state index is 12.1. The lowest BCUT2D eigenvalue weighted by atomic mass is 10.1. The molecular weight excluding hydrogens is 326 g/mol. The number of aromatic nitrogens is 2. The Morgan fingerprint density at radius 3 is 2.62 bits per heavy atom. The number of fused-ring (bicyclic) bond motifs is 1. The van der Waals surface area contributed by atoms with Crippen molar-refractivity contribution in [3.8, 4) is 0 Å². The summed E-state index contributed by atoms with van der Waals surface area (Å²) < 4.78 is 1.87. The maximum Gasteiger partial charge on any atom is 0.319 e. The molecule has 4 rings (SSSR count). The summed E-state index contributed by atoms with van der Waals surface area (Å²) in [6, 6.07) is 12.0. The number of nitrogens with zero attached hydrogens (tertiary/aromatic N) is 3. The lowest BCUT2D eigenvalue weighted by Gasteiger charge is -2.14. The van der Waals surface area contributed by atoms with Crippen LogP contribution in [-0.4, -0.2) is 33.4 Å². The number of benzene rings is 1. The molecule has 6 heteroatoms. The second-order valence-electron chi connectivity index (χ2n) is 6.72. The van der Waals surface area contributed by atoms with Crippen LogP contribution < -0.4 is 10.6 Å². The third kappa shape index (κ3) is 4.03. The molecule has 0 spiro atoms. The molecule has 3 heterocycles. The van der Waals surface area contributed by atoms with Gasteiger partial charge in [-0.1, -0.05) is 24.3 Å². The predicted octanol–water partition coefficient (Wildman–Crippen LogP) is 3.25. The van der Waals surface area contributed by atoms with Crippen molar-refractivity contribution in [1.82, 2.24) is 19.6 Å². The third-order valence-electron chi connectivity index (χ3n) is 4.73. The molecular formula is C20H23N5O. The molecule has 0 radical (unpaired) electrons. The minimum atomic E-state index is -0.217. The Morgan fingerprint density at radius 1 is 1.04 bits per heavy atom. The van der Waals surface area contributed by atoms with Gasteiger partial charge in [-0.15, -0.1) is 0 Å². The molecule has 0 aliphatic carbocycles. The normalized spacial score (nSPS) is 14.6. The van der Waals surface area contributed by atoms with E-state index in [4.69, 9.17) is 0 Å². The molecule has 0 bridgehead atoms. The Balaban J connectivity index is 1.28. The minimum absolute atomic E-state index is 0.217. The average Bonchev–Trinajstić information content (AvgIpc) is 3.32. The second-order valence-corrected chi connectivity index (χ2v) is 6.72. The van der Waals surface area contributed by atoms with E-state index in [0.717, 1.165) is 23.4 Å². The topological polar surface area (TPSA) is 61.7 Å². The smallest absolute Gasteiger partial charge is 0.319 e. The highest BCUT2D eigenvalue weighted by Crippen LogP contribution is 2.13. The van der Waals surface area contributed by atoms with Crippen LogP contribution >= 0.6 is 0 Å². The van der Waals surface area contributed by atoms with Crippen molar-refractivity contribution in [2.75, 3.05) is 18.4 Å². The van der Waals surface area contributed by atoms with Crippen molar-refractivity contribution < 1.29 is 4.79 Å². The van der Waals surface area contributed by atoms with Gasteiger partial charge in [0.05, 0.1) is 5.69 Å². The van der Waals surface area contributed by atoms with Gasteiger partial charge in [-0.05, 0) is 49.2 Å². The van der Waals surface area contributed by atoms with E-state index in [1.54, 1.807) is 6.20 Å². The number of imidazole rings is 1. The van der Waals surface area contributed by atoms with Gasteiger partial charge in [0.25, 0.3) is 0 Å². The maximum atomic E-state index is 12.1. The Bertz CT molecular complexity index is 881. The van der Waals surface area contributed by atoms with Gasteiger partial charge in [-0.3, -0.25) is 4.90 Å². The van der Waals surface area contributed by atoms with Gasteiger partial charge in [0, 0.05) is 31.7 Å². The minimum Gasteiger partial charge on any atom is -0.334 e. The molecule has 1 aliphatic rings. The summed E-state index contributed by atoms with van der Waals surface area (Å²) >= 11 is 0. The number of nitrogens with one attached hydrogen (secondary N) is 2. The molecule has 26 heavy (non-hydrogen) atoms. The summed E-state index contributed by atoms with van der Waals surface area (Å²) in [5, 5.41) is 5.74. The average molecular weight is 349 g/mol. The molecule has 1 aromatic carbocycles. The van der Waals surface area contributed by atoms with E-state index in [0.29, 0.717) is 6.54 Å². The van der Waals surface area contributed by atoms with Crippen molar-refractivity contribution in [2.45, 2.75) is 25.9 Å². The standard InChI is InChI=1S/C20H23N5O/c26-20(23-18-7-8-19-21-9-12-25(19)15-18)22-13-16-3-5-17(6-4-16)14-24-10-1-2-11-24/h3-9,12,15H,1-2,10-11,13-14H2,(H2,22,23,26). The molecule has 1 fully saturated rings. The van der Waals surface area contributed by atoms with Crippen LogP contribution in [0.5, 0.6) is 0 Å². The quantitative estimate of drug-likeness (QED) is 0.743. The first-order valence-electron chi connectivity index (χ1n) is 9.04. The Morgan fingerprint density at radius 2 is 1.81 bits per heavy atom. The van der Waals surface area contributed by atoms with E-state index >= 15 is 0 Å². The third-order valence-corrected chi connectivity index (χ3v) is 4.73. The Hall–Kier alpha value is -2.86. The van der Waals surface area contributed by atoms with Crippen LogP contribution in [0, 0.1) is 0 Å². The molecule has 3 aromatic rings. The van der Waals surface area contributed by atoms with Gasteiger partial charge in [0.2, 0.25) is 0 Å². The van der Waals surface area contributed by atoms with E-state index in [2.05, 4.69) is 44.8 Å². The number of urea groups is 1. The van der Waals surface area contributed by atoms with Gasteiger partial charge in [0.1, 0.15) is 5.65 Å². The van der Waals surface area contributed by atoms with Crippen LogP contribution in [0.25, 0.3) is 5.65 Å². The van der Waals surface area contributed by atoms with E-state index in [1.807, 2.05) is 28.9 Å². The van der Waals surface area contributed by atoms with Gasteiger partial charge in [-0.25, -0.2) is 9.78 Å². The molecule has 0 saturated carbocycles. The molecule has 0 atom stereocenters. The number of carbonyl (C=O) groups is 1. The molecule has 0 unspecified atom stereocenters. The first-order valence-corrected chi connectivity index (χ1v) is 9.04. The number of carbonyl (C=O) groups excluding carboxylic acids is 1. The Kier molecular flexibility index (Phi) is 4.84. The fraction of sp³-hybridized carbons (Fsp3) is 0.300. The summed E-state index contributed by atoms with van der Waals surface area (Å²) in [6.45, 7) is 3.93. The number of hydrogen-bond donors (Lipinski definition) is 2. The van der Waals surface area contributed by atoms with Crippen LogP contribution in [0.3, 0.4) is 0 Å². The van der Waals surface area contributed by atoms with Crippen LogP contribution in [-0.2, 0) is 13.1 Å². The Labute approximate surface area is 152 Å². The van der Waals surface area contributed by atoms with Crippen LogP contribution in [0.4, 0.5) is 10.5 Å². The number of pyridine rings is 1. The lowest BCUT2D eigenvalue weighted by Crippen LogP contribution is -2.28. The zero-order chi connectivity index (χ0) is 17.8. The summed E-state index contributed by atoms with van der Waals surface area (Å²) in [6.07, 6.45) is 8.04. The van der Waals surface area contributed by atoms with Crippen molar-refractivity contribution in [3.05, 3.63) is 66.1 Å². The molecule has 2 amide bonds. The van der Waals surface area contributed by atoms with E-state index < -0.39 is 0 Å².